The van der Waals surface area contributed by atoms with Crippen molar-refractivity contribution in [2.24, 2.45) is 5.73 Å². The molecule has 3 N–H and O–H groups in total. The first-order valence-electron chi connectivity index (χ1n) is 5.61. The number of carbonyl (C=O) groups excluding carboxylic acids is 1. The Kier molecular flexibility index (Phi) is 3.71. The molecule has 1 aliphatic heterocycles. The topological polar surface area (TPSA) is 83.6 Å². The number of nitrogens with zero attached hydrogens (tertiary/aromatic N) is 1. The van der Waals surface area contributed by atoms with Crippen LogP contribution in [0.15, 0.2) is 18.2 Å². The van der Waals surface area contributed by atoms with Crippen LogP contribution < -0.4 is 5.73 Å². The number of carboxylic acid groups (broad SMARTS) is 1. The standard InChI is InChI=1S/C12H12Cl2N2O3/c13-7-2-1-3-8(14)9(7)10(17)16-5-4-12(15,6-16)11(18)19/h1-3H,4-6,15H2,(H,18,19). The van der Waals surface area contributed by atoms with Crippen LogP contribution >= 0.6 is 23.2 Å². The van der Waals surface area contributed by atoms with Crippen molar-refractivity contribution in [3.63, 3.8) is 0 Å². The third kappa shape index (κ3) is 2.54. The maximum Gasteiger partial charge on any atom is 0.325 e. The van der Waals surface area contributed by atoms with Crippen molar-refractivity contribution < 1.29 is 14.7 Å². The van der Waals surface area contributed by atoms with Crippen LogP contribution in [-0.2, 0) is 4.79 Å². The Labute approximate surface area is 119 Å². The number of hydrogen-bond donors (Lipinski definition) is 2. The van der Waals surface area contributed by atoms with E-state index in [1.165, 1.54) is 4.90 Å². The normalized spacial score (nSPS) is 22.6. The largest absolute Gasteiger partial charge is 0.480 e. The second-order valence-corrected chi connectivity index (χ2v) is 5.35. The number of hydrogen-bond acceptors (Lipinski definition) is 3. The van der Waals surface area contributed by atoms with Gasteiger partial charge in [-0.25, -0.2) is 0 Å². The molecular weight excluding hydrogens is 291 g/mol. The monoisotopic (exact) mass is 302 g/mol. The molecule has 2 rings (SSSR count). The van der Waals surface area contributed by atoms with Gasteiger partial charge in [-0.15, -0.1) is 0 Å². The van der Waals surface area contributed by atoms with E-state index in [1.54, 1.807) is 18.2 Å². The van der Waals surface area contributed by atoms with Gasteiger partial charge in [0, 0.05) is 13.1 Å². The molecule has 1 unspecified atom stereocenters. The molecule has 0 aliphatic carbocycles. The molecule has 1 atom stereocenters. The number of likely N-dealkylation sites (tertiary alicyclic amines) is 1. The van der Waals surface area contributed by atoms with E-state index < -0.39 is 17.4 Å². The van der Waals surface area contributed by atoms with Gasteiger partial charge in [0.2, 0.25) is 0 Å². The van der Waals surface area contributed by atoms with Gasteiger partial charge in [0.25, 0.3) is 5.91 Å². The smallest absolute Gasteiger partial charge is 0.325 e. The molecule has 1 saturated heterocycles. The van der Waals surface area contributed by atoms with Crippen molar-refractivity contribution in [1.29, 1.82) is 0 Å². The van der Waals surface area contributed by atoms with Crippen molar-refractivity contribution in [1.82, 2.24) is 4.90 Å². The lowest BCUT2D eigenvalue weighted by Crippen LogP contribution is -2.50. The summed E-state index contributed by atoms with van der Waals surface area (Å²) < 4.78 is 0. The highest BCUT2D eigenvalue weighted by atomic mass is 35.5. The third-order valence-corrected chi connectivity index (χ3v) is 3.82. The summed E-state index contributed by atoms with van der Waals surface area (Å²) in [6, 6.07) is 4.75. The maximum absolute atomic E-state index is 12.3. The Bertz CT molecular complexity index is 530. The number of halogens is 2. The minimum absolute atomic E-state index is 0.0529. The van der Waals surface area contributed by atoms with Gasteiger partial charge in [0.1, 0.15) is 5.54 Å². The number of rotatable bonds is 2. The molecule has 0 radical (unpaired) electrons. The van der Waals surface area contributed by atoms with E-state index in [2.05, 4.69) is 0 Å². The van der Waals surface area contributed by atoms with Crippen molar-refractivity contribution in [3.05, 3.63) is 33.8 Å². The molecule has 1 amide bonds. The number of amides is 1. The van der Waals surface area contributed by atoms with Gasteiger partial charge < -0.3 is 15.7 Å². The minimum atomic E-state index is -1.40. The van der Waals surface area contributed by atoms with Crippen LogP contribution in [0.3, 0.4) is 0 Å². The number of carbonyl (C=O) groups is 2. The van der Waals surface area contributed by atoms with Crippen LogP contribution in [-0.4, -0.2) is 40.5 Å². The number of carboxylic acids is 1. The summed E-state index contributed by atoms with van der Waals surface area (Å²) in [5.41, 5.74) is 4.51. The highest BCUT2D eigenvalue weighted by Gasteiger charge is 2.43. The molecule has 1 heterocycles. The van der Waals surface area contributed by atoms with Gasteiger partial charge in [-0.2, -0.15) is 0 Å². The van der Waals surface area contributed by atoms with Crippen LogP contribution in [0, 0.1) is 0 Å². The van der Waals surface area contributed by atoms with E-state index in [4.69, 9.17) is 34.0 Å². The van der Waals surface area contributed by atoms with Gasteiger partial charge in [-0.1, -0.05) is 29.3 Å². The van der Waals surface area contributed by atoms with E-state index in [0.29, 0.717) is 0 Å². The summed E-state index contributed by atoms with van der Waals surface area (Å²) in [6.07, 6.45) is 0.205. The van der Waals surface area contributed by atoms with Crippen LogP contribution in [0.2, 0.25) is 10.0 Å². The van der Waals surface area contributed by atoms with Crippen molar-refractivity contribution >= 4 is 35.1 Å². The fraction of sp³-hybridized carbons (Fsp3) is 0.333. The Morgan fingerprint density at radius 1 is 1.32 bits per heavy atom. The van der Waals surface area contributed by atoms with Gasteiger partial charge in [0.15, 0.2) is 0 Å². The number of aliphatic carboxylic acids is 1. The third-order valence-electron chi connectivity index (χ3n) is 3.19. The molecule has 0 aromatic heterocycles. The van der Waals surface area contributed by atoms with E-state index in [1.807, 2.05) is 0 Å². The van der Waals surface area contributed by atoms with E-state index >= 15 is 0 Å². The predicted molar refractivity (Wildman–Crippen MR) is 71.5 cm³/mol. The van der Waals surface area contributed by atoms with Crippen LogP contribution in [0.25, 0.3) is 0 Å². The molecule has 102 valence electrons. The highest BCUT2D eigenvalue weighted by Crippen LogP contribution is 2.28. The lowest BCUT2D eigenvalue weighted by molar-refractivity contribution is -0.142. The second kappa shape index (κ2) is 5.00. The maximum atomic E-state index is 12.3. The SMILES string of the molecule is NC1(C(=O)O)CCN(C(=O)c2c(Cl)cccc2Cl)C1. The fourth-order valence-corrected chi connectivity index (χ4v) is 2.60. The molecule has 0 spiro atoms. The Morgan fingerprint density at radius 2 is 1.89 bits per heavy atom. The number of benzene rings is 1. The first-order valence-corrected chi connectivity index (χ1v) is 6.36. The molecule has 5 nitrogen and oxygen atoms in total. The molecule has 19 heavy (non-hydrogen) atoms. The van der Waals surface area contributed by atoms with Gasteiger partial charge in [-0.05, 0) is 18.6 Å². The van der Waals surface area contributed by atoms with E-state index in [0.717, 1.165) is 0 Å². The summed E-state index contributed by atoms with van der Waals surface area (Å²) in [4.78, 5) is 24.7. The first kappa shape index (κ1) is 14.1. The zero-order chi connectivity index (χ0) is 14.2. The highest BCUT2D eigenvalue weighted by molar-refractivity contribution is 6.39. The molecule has 7 heteroatoms. The van der Waals surface area contributed by atoms with Crippen LogP contribution in [0.4, 0.5) is 0 Å². The molecule has 1 aromatic carbocycles. The van der Waals surface area contributed by atoms with Gasteiger partial charge >= 0.3 is 5.97 Å². The Balaban J connectivity index is 2.25. The van der Waals surface area contributed by atoms with Crippen LogP contribution in [0.5, 0.6) is 0 Å². The summed E-state index contributed by atoms with van der Waals surface area (Å²) in [5, 5.41) is 9.51. The molecule has 1 fully saturated rings. The lowest BCUT2D eigenvalue weighted by atomic mass is 10.0. The lowest BCUT2D eigenvalue weighted by Gasteiger charge is -2.21. The second-order valence-electron chi connectivity index (χ2n) is 4.53. The average Bonchev–Trinajstić information content (AvgIpc) is 2.73. The summed E-state index contributed by atoms with van der Waals surface area (Å²) in [7, 11) is 0. The predicted octanol–water partition coefficient (Wildman–Crippen LogP) is 1.62. The van der Waals surface area contributed by atoms with Gasteiger partial charge in [0.05, 0.1) is 15.6 Å². The van der Waals surface area contributed by atoms with Crippen molar-refractivity contribution in [2.45, 2.75) is 12.0 Å². The van der Waals surface area contributed by atoms with E-state index in [-0.39, 0.29) is 35.1 Å². The van der Waals surface area contributed by atoms with Crippen LogP contribution in [0.1, 0.15) is 16.8 Å². The summed E-state index contributed by atoms with van der Waals surface area (Å²) in [6.45, 7) is 0.214. The molecular formula is C12H12Cl2N2O3. The van der Waals surface area contributed by atoms with Gasteiger partial charge in [-0.3, -0.25) is 9.59 Å². The molecule has 1 aromatic rings. The number of nitrogens with two attached hydrogens (primary N) is 1. The minimum Gasteiger partial charge on any atom is -0.480 e. The summed E-state index contributed by atoms with van der Waals surface area (Å²) in [5.74, 6) is -1.52. The zero-order valence-corrected chi connectivity index (χ0v) is 11.4. The fourth-order valence-electron chi connectivity index (χ4n) is 2.04. The molecule has 0 saturated carbocycles. The quantitative estimate of drug-likeness (QED) is 0.869. The molecule has 1 aliphatic rings. The summed E-state index contributed by atoms with van der Waals surface area (Å²) >= 11 is 11.9. The van der Waals surface area contributed by atoms with Crippen molar-refractivity contribution in [3.8, 4) is 0 Å². The molecule has 0 bridgehead atoms. The zero-order valence-electron chi connectivity index (χ0n) is 9.90. The Morgan fingerprint density at radius 3 is 2.37 bits per heavy atom. The average molecular weight is 303 g/mol. The first-order chi connectivity index (χ1) is 8.85. The Hall–Kier alpha value is -1.30. The van der Waals surface area contributed by atoms with Crippen molar-refractivity contribution in [2.75, 3.05) is 13.1 Å². The van der Waals surface area contributed by atoms with E-state index in [9.17, 15) is 9.59 Å².